The molecule has 4 heteroatoms. The molecule has 0 saturated carbocycles. The van der Waals surface area contributed by atoms with E-state index in [1.165, 1.54) is 13.0 Å². The van der Waals surface area contributed by atoms with Gasteiger partial charge in [-0.1, -0.05) is 5.57 Å². The number of rotatable bonds is 2. The van der Waals surface area contributed by atoms with Gasteiger partial charge in [-0.2, -0.15) is 0 Å². The summed E-state index contributed by atoms with van der Waals surface area (Å²) in [5, 5.41) is 7.11. The number of alkyl halides is 1. The number of carbonyl (C=O) groups is 1. The molecule has 0 rings (SSSR count). The monoisotopic (exact) mass is 178 g/mol. The Kier molecular flexibility index (Phi) is 3.55. The molecule has 0 bridgehead atoms. The summed E-state index contributed by atoms with van der Waals surface area (Å²) in [6, 6.07) is 0. The summed E-state index contributed by atoms with van der Waals surface area (Å²) in [4.78, 5) is 10.3. The second-order valence-electron chi connectivity index (χ2n) is 2.42. The zero-order chi connectivity index (χ0) is 9.07. The quantitative estimate of drug-likeness (QED) is 0.301. The molecule has 0 heterocycles. The molecule has 0 saturated heterocycles. The molecule has 0 aromatic carbocycles. The molecule has 1 unspecified atom stereocenters. The molecular weight excluding hydrogens is 168 g/mol. The standard InChI is InChI=1S/C7H11ClO3/c1-5(2)4-7(8,10)11-6(3)9/h4,10H,1-3H3. The topological polar surface area (TPSA) is 46.5 Å². The number of ether oxygens (including phenoxy) is 1. The molecule has 0 aromatic rings. The smallest absolute Gasteiger partial charge is 0.311 e. The van der Waals surface area contributed by atoms with Crippen LogP contribution >= 0.6 is 11.6 Å². The molecule has 0 radical (unpaired) electrons. The van der Waals surface area contributed by atoms with Gasteiger partial charge in [0.05, 0.1) is 0 Å². The summed E-state index contributed by atoms with van der Waals surface area (Å²) < 4.78 is 4.35. The fourth-order valence-corrected chi connectivity index (χ4v) is 0.914. The summed E-state index contributed by atoms with van der Waals surface area (Å²) in [7, 11) is 0. The van der Waals surface area contributed by atoms with Gasteiger partial charge in [-0.05, 0) is 25.4 Å². The van der Waals surface area contributed by atoms with Gasteiger partial charge < -0.3 is 9.84 Å². The van der Waals surface area contributed by atoms with Gasteiger partial charge in [0.25, 0.3) is 0 Å². The zero-order valence-electron chi connectivity index (χ0n) is 6.72. The number of carbonyl (C=O) groups excluding carboxylic acids is 1. The van der Waals surface area contributed by atoms with Crippen LogP contribution in [0.3, 0.4) is 0 Å². The summed E-state index contributed by atoms with van der Waals surface area (Å²) in [6.45, 7) is 4.64. The third-order valence-electron chi connectivity index (χ3n) is 0.754. The highest BCUT2D eigenvalue weighted by molar-refractivity contribution is 6.23. The molecule has 0 fully saturated rings. The lowest BCUT2D eigenvalue weighted by atomic mass is 10.3. The van der Waals surface area contributed by atoms with Crippen molar-refractivity contribution in [1.82, 2.24) is 0 Å². The van der Waals surface area contributed by atoms with Gasteiger partial charge in [-0.3, -0.25) is 4.79 Å². The van der Waals surface area contributed by atoms with Gasteiger partial charge in [0.2, 0.25) is 0 Å². The van der Waals surface area contributed by atoms with Crippen LogP contribution in [0.15, 0.2) is 11.6 Å². The minimum Gasteiger partial charge on any atom is -0.415 e. The molecule has 1 N–H and O–H groups in total. The first-order valence-corrected chi connectivity index (χ1v) is 3.48. The van der Waals surface area contributed by atoms with Gasteiger partial charge in [-0.25, -0.2) is 0 Å². The van der Waals surface area contributed by atoms with Crippen LogP contribution in [0, 0.1) is 0 Å². The summed E-state index contributed by atoms with van der Waals surface area (Å²) in [5.74, 6) is -0.625. The Morgan fingerprint density at radius 2 is 2.00 bits per heavy atom. The molecule has 0 aliphatic carbocycles. The van der Waals surface area contributed by atoms with E-state index in [9.17, 15) is 4.79 Å². The van der Waals surface area contributed by atoms with Crippen molar-refractivity contribution in [2.24, 2.45) is 0 Å². The minimum atomic E-state index is -2.00. The van der Waals surface area contributed by atoms with Crippen molar-refractivity contribution >= 4 is 17.6 Å². The third kappa shape index (κ3) is 5.88. The average molecular weight is 179 g/mol. The van der Waals surface area contributed by atoms with Crippen LogP contribution < -0.4 is 0 Å². The van der Waals surface area contributed by atoms with Gasteiger partial charge in [0.1, 0.15) is 0 Å². The van der Waals surface area contributed by atoms with E-state index in [-0.39, 0.29) is 0 Å². The highest BCUT2D eigenvalue weighted by Crippen LogP contribution is 2.16. The Labute approximate surface area is 70.6 Å². The van der Waals surface area contributed by atoms with E-state index in [1.807, 2.05) is 0 Å². The third-order valence-corrected chi connectivity index (χ3v) is 0.940. The highest BCUT2D eigenvalue weighted by atomic mass is 35.5. The van der Waals surface area contributed by atoms with Crippen LogP contribution in [0.25, 0.3) is 0 Å². The Bertz CT molecular complexity index is 180. The van der Waals surface area contributed by atoms with Crippen molar-refractivity contribution in [1.29, 1.82) is 0 Å². The first-order valence-electron chi connectivity index (χ1n) is 3.10. The Balaban J connectivity index is 4.22. The van der Waals surface area contributed by atoms with E-state index >= 15 is 0 Å². The van der Waals surface area contributed by atoms with Crippen molar-refractivity contribution in [2.45, 2.75) is 26.0 Å². The number of aliphatic hydroxyl groups is 1. The van der Waals surface area contributed by atoms with Crippen LogP contribution in [-0.4, -0.2) is 16.3 Å². The van der Waals surface area contributed by atoms with Gasteiger partial charge in [0.15, 0.2) is 0 Å². The fraction of sp³-hybridized carbons (Fsp3) is 0.571. The largest absolute Gasteiger partial charge is 0.415 e. The average Bonchev–Trinajstić information content (AvgIpc) is 1.53. The minimum absolute atomic E-state index is 0.625. The molecule has 0 spiro atoms. The SMILES string of the molecule is CC(=O)OC(O)(Cl)C=C(C)C. The van der Waals surface area contributed by atoms with Gasteiger partial charge in [-0.15, -0.1) is 0 Å². The summed E-state index contributed by atoms with van der Waals surface area (Å²) in [6.07, 6.45) is 1.25. The van der Waals surface area contributed by atoms with Crippen molar-refractivity contribution in [3.05, 3.63) is 11.6 Å². The number of hydrogen-bond donors (Lipinski definition) is 1. The van der Waals surface area contributed by atoms with E-state index in [2.05, 4.69) is 4.74 Å². The normalized spacial score (nSPS) is 15.0. The Hall–Kier alpha value is -0.540. The number of halogens is 1. The molecule has 0 aliphatic rings. The van der Waals surface area contributed by atoms with Crippen molar-refractivity contribution < 1.29 is 14.6 Å². The Morgan fingerprint density at radius 1 is 1.55 bits per heavy atom. The van der Waals surface area contributed by atoms with Crippen LogP contribution in [-0.2, 0) is 9.53 Å². The van der Waals surface area contributed by atoms with Crippen molar-refractivity contribution in [3.63, 3.8) is 0 Å². The van der Waals surface area contributed by atoms with Crippen LogP contribution in [0.1, 0.15) is 20.8 Å². The molecule has 3 nitrogen and oxygen atoms in total. The second-order valence-corrected chi connectivity index (χ2v) is 2.97. The maximum atomic E-state index is 10.3. The van der Waals surface area contributed by atoms with Gasteiger partial charge >= 0.3 is 11.2 Å². The maximum absolute atomic E-state index is 10.3. The summed E-state index contributed by atoms with van der Waals surface area (Å²) in [5.41, 5.74) is 0.767. The molecule has 11 heavy (non-hydrogen) atoms. The molecule has 0 amide bonds. The lowest BCUT2D eigenvalue weighted by Crippen LogP contribution is -2.24. The van der Waals surface area contributed by atoms with E-state index < -0.39 is 11.2 Å². The predicted octanol–water partition coefficient (Wildman–Crippen LogP) is 1.40. The van der Waals surface area contributed by atoms with E-state index in [0.29, 0.717) is 0 Å². The predicted molar refractivity (Wildman–Crippen MR) is 42.0 cm³/mol. The van der Waals surface area contributed by atoms with E-state index in [0.717, 1.165) is 5.57 Å². The van der Waals surface area contributed by atoms with Crippen LogP contribution in [0.4, 0.5) is 0 Å². The molecule has 64 valence electrons. The molecule has 0 aromatic heterocycles. The van der Waals surface area contributed by atoms with Crippen molar-refractivity contribution in [2.75, 3.05) is 0 Å². The van der Waals surface area contributed by atoms with Crippen molar-refractivity contribution in [3.8, 4) is 0 Å². The second kappa shape index (κ2) is 3.74. The number of allylic oxidation sites excluding steroid dienone is 1. The molecular formula is C7H11ClO3. The lowest BCUT2D eigenvalue weighted by molar-refractivity contribution is -0.165. The maximum Gasteiger partial charge on any atom is 0.311 e. The van der Waals surface area contributed by atoms with E-state index in [4.69, 9.17) is 16.7 Å². The summed E-state index contributed by atoms with van der Waals surface area (Å²) >= 11 is 5.36. The molecule has 0 aliphatic heterocycles. The van der Waals surface area contributed by atoms with Crippen LogP contribution in [0.2, 0.25) is 0 Å². The Morgan fingerprint density at radius 3 is 2.27 bits per heavy atom. The number of hydrogen-bond acceptors (Lipinski definition) is 3. The first-order chi connectivity index (χ1) is 4.83. The van der Waals surface area contributed by atoms with Crippen LogP contribution in [0.5, 0.6) is 0 Å². The molecule has 1 atom stereocenters. The van der Waals surface area contributed by atoms with Gasteiger partial charge in [0, 0.05) is 13.0 Å². The lowest BCUT2D eigenvalue weighted by Gasteiger charge is -2.15. The first kappa shape index (κ1) is 10.5. The fourth-order valence-electron chi connectivity index (χ4n) is 0.587. The highest BCUT2D eigenvalue weighted by Gasteiger charge is 2.23. The van der Waals surface area contributed by atoms with E-state index in [1.54, 1.807) is 13.8 Å². The number of esters is 1. The zero-order valence-corrected chi connectivity index (χ0v) is 7.47.